The van der Waals surface area contributed by atoms with E-state index in [9.17, 15) is 0 Å². The molecule has 3 nitrogen and oxygen atoms in total. The van der Waals surface area contributed by atoms with Crippen molar-refractivity contribution < 1.29 is 4.57 Å². The van der Waals surface area contributed by atoms with Crippen LogP contribution >= 0.6 is 0 Å². The van der Waals surface area contributed by atoms with E-state index in [4.69, 9.17) is 4.98 Å². The van der Waals surface area contributed by atoms with Crippen molar-refractivity contribution in [3.05, 3.63) is 48.8 Å². The quantitative estimate of drug-likeness (QED) is 0.0504. The Morgan fingerprint density at radius 2 is 0.872 bits per heavy atom. The molecule has 0 aliphatic heterocycles. The van der Waals surface area contributed by atoms with Gasteiger partial charge in [-0.1, -0.05) is 187 Å². The summed E-state index contributed by atoms with van der Waals surface area (Å²) >= 11 is 0. The Kier molecular flexibility index (Phi) is 22.4. The Morgan fingerprint density at radius 1 is 0.468 bits per heavy atom. The molecule has 0 saturated carbocycles. The van der Waals surface area contributed by atoms with Crippen LogP contribution in [0.25, 0.3) is 22.4 Å². The average molecular weight is 645 g/mol. The smallest absolute Gasteiger partial charge is 0.169 e. The molecule has 0 aliphatic carbocycles. The zero-order valence-electron chi connectivity index (χ0n) is 31.2. The number of pyridine rings is 1. The number of hydrogen-bond acceptors (Lipinski definition) is 1. The lowest BCUT2D eigenvalue weighted by atomic mass is 10.0. The van der Waals surface area contributed by atoms with Gasteiger partial charge >= 0.3 is 0 Å². The number of nitrogens with zero attached hydrogens (tertiary/aromatic N) is 3. The predicted molar refractivity (Wildman–Crippen MR) is 206 cm³/mol. The minimum absolute atomic E-state index is 1.06. The van der Waals surface area contributed by atoms with E-state index in [1.165, 1.54) is 191 Å². The standard InChI is InChI=1S/C44H74N3/c1-3-5-7-9-11-13-15-17-19-21-23-25-27-31-37-46-39-35-41(36-40-46)44-45-42-33-29-30-34-43(42)47(44)38-32-28-26-24-22-20-18-16-14-12-10-8-6-4-2/h29-30,33-36,39-40H,3-28,31-32,37-38H2,1-2H3/q+1. The molecule has 3 aromatic rings. The van der Waals surface area contributed by atoms with E-state index < -0.39 is 0 Å². The first-order chi connectivity index (χ1) is 23.3. The molecule has 3 rings (SSSR count). The van der Waals surface area contributed by atoms with Crippen LogP contribution in [0.2, 0.25) is 0 Å². The summed E-state index contributed by atoms with van der Waals surface area (Å²) in [4.78, 5) is 5.09. The van der Waals surface area contributed by atoms with Crippen LogP contribution in [0.4, 0.5) is 0 Å². The van der Waals surface area contributed by atoms with Crippen LogP contribution in [0, 0.1) is 0 Å². The molecule has 0 spiro atoms. The van der Waals surface area contributed by atoms with E-state index in [1.54, 1.807) is 0 Å². The maximum atomic E-state index is 5.09. The first-order valence-corrected chi connectivity index (χ1v) is 20.8. The molecule has 3 heteroatoms. The van der Waals surface area contributed by atoms with Crippen molar-refractivity contribution in [1.82, 2.24) is 9.55 Å². The number of aryl methyl sites for hydroxylation is 2. The van der Waals surface area contributed by atoms with E-state index in [2.05, 4.69) is 71.8 Å². The molecule has 2 aromatic heterocycles. The second-order valence-corrected chi connectivity index (χ2v) is 14.6. The van der Waals surface area contributed by atoms with Crippen LogP contribution in [-0.4, -0.2) is 9.55 Å². The molecule has 2 heterocycles. The SMILES string of the molecule is CCCCCCCCCCCCCCCCn1c(-c2cc[n+](CCCCCCCCCCCCCCCC)cc2)nc2ccccc21. The highest BCUT2D eigenvalue weighted by molar-refractivity contribution is 5.80. The van der Waals surface area contributed by atoms with Gasteiger partial charge in [0.05, 0.1) is 11.0 Å². The van der Waals surface area contributed by atoms with Gasteiger partial charge in [0.25, 0.3) is 0 Å². The Labute approximate surface area is 291 Å². The number of hydrogen-bond donors (Lipinski definition) is 0. The summed E-state index contributed by atoms with van der Waals surface area (Å²) in [7, 11) is 0. The highest BCUT2D eigenvalue weighted by Crippen LogP contribution is 2.25. The lowest BCUT2D eigenvalue weighted by Crippen LogP contribution is -2.32. The van der Waals surface area contributed by atoms with Gasteiger partial charge in [0.15, 0.2) is 12.4 Å². The molecule has 264 valence electrons. The molecule has 0 unspecified atom stereocenters. The van der Waals surface area contributed by atoms with Crippen molar-refractivity contribution in [3.63, 3.8) is 0 Å². The summed E-state index contributed by atoms with van der Waals surface area (Å²) < 4.78 is 4.84. The molecule has 1 aromatic carbocycles. The number of benzene rings is 1. The van der Waals surface area contributed by atoms with Gasteiger partial charge in [0, 0.05) is 30.7 Å². The summed E-state index contributed by atoms with van der Waals surface area (Å²) in [5.41, 5.74) is 3.63. The van der Waals surface area contributed by atoms with Gasteiger partial charge in [-0.15, -0.1) is 0 Å². The van der Waals surface area contributed by atoms with Crippen LogP contribution in [0.5, 0.6) is 0 Å². The lowest BCUT2D eigenvalue weighted by molar-refractivity contribution is -0.697. The molecule has 47 heavy (non-hydrogen) atoms. The maximum Gasteiger partial charge on any atom is 0.169 e. The third-order valence-corrected chi connectivity index (χ3v) is 10.3. The van der Waals surface area contributed by atoms with E-state index in [0.29, 0.717) is 0 Å². The predicted octanol–water partition coefficient (Wildman–Crippen LogP) is 14.0. The molecule has 0 bridgehead atoms. The number of para-hydroxylation sites is 2. The normalized spacial score (nSPS) is 11.6. The second kappa shape index (κ2) is 26.8. The summed E-state index contributed by atoms with van der Waals surface area (Å²) in [5, 5.41) is 0. The molecule has 0 N–H and O–H groups in total. The van der Waals surface area contributed by atoms with Crippen molar-refractivity contribution in [2.45, 2.75) is 207 Å². The first-order valence-electron chi connectivity index (χ1n) is 20.8. The minimum Gasteiger partial charge on any atom is -0.324 e. The van der Waals surface area contributed by atoms with Crippen LogP contribution < -0.4 is 4.57 Å². The Hall–Kier alpha value is -2.16. The molecule has 0 saturated heterocycles. The molecular weight excluding hydrogens is 571 g/mol. The fourth-order valence-corrected chi connectivity index (χ4v) is 7.23. The van der Waals surface area contributed by atoms with Gasteiger partial charge < -0.3 is 4.57 Å². The maximum absolute atomic E-state index is 5.09. The number of rotatable bonds is 31. The van der Waals surface area contributed by atoms with Crippen LogP contribution in [0.3, 0.4) is 0 Å². The minimum atomic E-state index is 1.06. The largest absolute Gasteiger partial charge is 0.324 e. The first kappa shape index (κ1) is 39.3. The Balaban J connectivity index is 1.28. The van der Waals surface area contributed by atoms with Crippen LogP contribution in [-0.2, 0) is 13.1 Å². The summed E-state index contributed by atoms with van der Waals surface area (Å²) in [6.07, 6.45) is 43.9. The van der Waals surface area contributed by atoms with Crippen LogP contribution in [0.15, 0.2) is 48.8 Å². The molecule has 0 amide bonds. The third-order valence-electron chi connectivity index (χ3n) is 10.3. The van der Waals surface area contributed by atoms with Crippen molar-refractivity contribution in [2.75, 3.05) is 0 Å². The number of fused-ring (bicyclic) bond motifs is 1. The molecular formula is C44H74N3+. The number of aromatic nitrogens is 3. The van der Waals surface area contributed by atoms with E-state index in [1.807, 2.05) is 0 Å². The number of imidazole rings is 1. The van der Waals surface area contributed by atoms with Gasteiger partial charge in [0.2, 0.25) is 0 Å². The van der Waals surface area contributed by atoms with Crippen molar-refractivity contribution in [2.24, 2.45) is 0 Å². The van der Waals surface area contributed by atoms with Gasteiger partial charge in [0.1, 0.15) is 12.4 Å². The Morgan fingerprint density at radius 3 is 1.34 bits per heavy atom. The fourth-order valence-electron chi connectivity index (χ4n) is 7.23. The summed E-state index contributed by atoms with van der Waals surface area (Å²) in [6.45, 7) is 6.78. The summed E-state index contributed by atoms with van der Waals surface area (Å²) in [6, 6.07) is 13.3. The van der Waals surface area contributed by atoms with Gasteiger partial charge in [-0.25, -0.2) is 9.55 Å². The van der Waals surface area contributed by atoms with Crippen molar-refractivity contribution in [1.29, 1.82) is 0 Å². The molecule has 0 fully saturated rings. The van der Waals surface area contributed by atoms with Gasteiger partial charge in [-0.3, -0.25) is 0 Å². The van der Waals surface area contributed by atoms with Gasteiger partial charge in [-0.05, 0) is 25.0 Å². The molecule has 0 radical (unpaired) electrons. The van der Waals surface area contributed by atoms with E-state index >= 15 is 0 Å². The fraction of sp³-hybridized carbons (Fsp3) is 0.727. The zero-order chi connectivity index (χ0) is 33.0. The topological polar surface area (TPSA) is 21.7 Å². The van der Waals surface area contributed by atoms with E-state index in [-0.39, 0.29) is 0 Å². The highest BCUT2D eigenvalue weighted by atomic mass is 15.1. The third kappa shape index (κ3) is 17.2. The molecule has 0 atom stereocenters. The average Bonchev–Trinajstić information content (AvgIpc) is 3.47. The Bertz CT molecular complexity index is 1130. The van der Waals surface area contributed by atoms with E-state index in [0.717, 1.165) is 24.4 Å². The molecule has 0 aliphatic rings. The zero-order valence-corrected chi connectivity index (χ0v) is 31.2. The van der Waals surface area contributed by atoms with Crippen LogP contribution in [0.1, 0.15) is 194 Å². The van der Waals surface area contributed by atoms with Gasteiger partial charge in [-0.2, -0.15) is 0 Å². The summed E-state index contributed by atoms with van der Waals surface area (Å²) in [5.74, 6) is 1.13. The number of unbranched alkanes of at least 4 members (excludes halogenated alkanes) is 26. The highest BCUT2D eigenvalue weighted by Gasteiger charge is 2.13. The monoisotopic (exact) mass is 645 g/mol. The second-order valence-electron chi connectivity index (χ2n) is 14.6. The lowest BCUT2D eigenvalue weighted by Gasteiger charge is -2.09. The van der Waals surface area contributed by atoms with Crippen molar-refractivity contribution >= 4 is 11.0 Å². The van der Waals surface area contributed by atoms with Crippen molar-refractivity contribution in [3.8, 4) is 11.4 Å².